The Kier molecular flexibility index (Phi) is 4.02. The van der Waals surface area contributed by atoms with Gasteiger partial charge in [0, 0.05) is 5.69 Å². The summed E-state index contributed by atoms with van der Waals surface area (Å²) in [5, 5.41) is 12.6. The minimum atomic E-state index is -0.882. The van der Waals surface area contributed by atoms with Crippen LogP contribution in [0, 0.1) is 0 Å². The second-order valence-corrected chi connectivity index (χ2v) is 4.73. The number of aliphatic hydroxyl groups is 1. The fraction of sp³-hybridized carbons (Fsp3) is 0.125. The molecule has 0 saturated heterocycles. The van der Waals surface area contributed by atoms with Crippen LogP contribution in [-0.4, -0.2) is 27.1 Å². The quantitative estimate of drug-likeness (QED) is 0.754. The molecule has 1 unspecified atom stereocenters. The van der Waals surface area contributed by atoms with Gasteiger partial charge in [0.05, 0.1) is 25.3 Å². The Bertz CT molecular complexity index is 735. The molecule has 0 aliphatic heterocycles. The molecule has 1 aromatic carbocycles. The molecule has 0 fully saturated rings. The van der Waals surface area contributed by atoms with Crippen LogP contribution in [-0.2, 0) is 0 Å². The maximum atomic E-state index is 12.3. The fourth-order valence-corrected chi connectivity index (χ4v) is 2.12. The zero-order chi connectivity index (χ0) is 15.4. The maximum absolute atomic E-state index is 12.3. The number of amides is 1. The highest BCUT2D eigenvalue weighted by atomic mass is 16.4. The topological polar surface area (TPSA) is 80.3 Å². The lowest BCUT2D eigenvalue weighted by atomic mass is 10.2. The van der Waals surface area contributed by atoms with Crippen LogP contribution in [0.5, 0.6) is 0 Å². The number of carbonyl (C=O) groups excluding carboxylic acids is 1. The number of para-hydroxylation sites is 1. The molecular weight excluding hydrogens is 282 g/mol. The lowest BCUT2D eigenvalue weighted by Gasteiger charge is -2.11. The Morgan fingerprint density at radius 2 is 2.09 bits per heavy atom. The summed E-state index contributed by atoms with van der Waals surface area (Å²) in [6.45, 7) is 0.0618. The third-order valence-corrected chi connectivity index (χ3v) is 3.23. The number of furan rings is 1. The van der Waals surface area contributed by atoms with E-state index < -0.39 is 6.10 Å². The summed E-state index contributed by atoms with van der Waals surface area (Å²) in [5.74, 6) is 0.101. The number of rotatable bonds is 5. The number of hydrogen-bond acceptors (Lipinski definition) is 4. The summed E-state index contributed by atoms with van der Waals surface area (Å²) >= 11 is 0. The summed E-state index contributed by atoms with van der Waals surface area (Å²) in [4.78, 5) is 16.3. The Labute approximate surface area is 127 Å². The molecule has 0 spiro atoms. The van der Waals surface area contributed by atoms with E-state index in [1.165, 1.54) is 12.5 Å². The van der Waals surface area contributed by atoms with E-state index in [2.05, 4.69) is 10.3 Å². The van der Waals surface area contributed by atoms with Crippen LogP contribution in [0.2, 0.25) is 0 Å². The van der Waals surface area contributed by atoms with Gasteiger partial charge in [0.2, 0.25) is 0 Å². The average Bonchev–Trinajstić information content (AvgIpc) is 3.24. The summed E-state index contributed by atoms with van der Waals surface area (Å²) in [6, 6.07) is 12.8. The van der Waals surface area contributed by atoms with Gasteiger partial charge in [-0.1, -0.05) is 18.2 Å². The third-order valence-electron chi connectivity index (χ3n) is 3.23. The highest BCUT2D eigenvalue weighted by Gasteiger charge is 2.16. The number of aromatic nitrogens is 2. The van der Waals surface area contributed by atoms with Crippen molar-refractivity contribution in [3.05, 3.63) is 72.7 Å². The van der Waals surface area contributed by atoms with Crippen molar-refractivity contribution >= 4 is 5.91 Å². The van der Waals surface area contributed by atoms with Crippen LogP contribution in [0.25, 0.3) is 5.69 Å². The molecule has 1 amide bonds. The van der Waals surface area contributed by atoms with Gasteiger partial charge in [-0.05, 0) is 24.3 Å². The molecule has 0 bridgehead atoms. The summed E-state index contributed by atoms with van der Waals surface area (Å²) in [7, 11) is 0. The molecule has 2 aromatic heterocycles. The number of carbonyl (C=O) groups is 1. The number of imidazole rings is 1. The molecule has 22 heavy (non-hydrogen) atoms. The number of aliphatic hydroxyl groups excluding tert-OH is 1. The van der Waals surface area contributed by atoms with E-state index in [1.807, 2.05) is 30.3 Å². The van der Waals surface area contributed by atoms with Gasteiger partial charge in [-0.3, -0.25) is 9.36 Å². The molecule has 0 aliphatic carbocycles. The van der Waals surface area contributed by atoms with Crippen molar-refractivity contribution in [3.8, 4) is 5.69 Å². The molecule has 0 saturated carbocycles. The summed E-state index contributed by atoms with van der Waals surface area (Å²) in [6.07, 6.45) is 3.66. The maximum Gasteiger partial charge on any atom is 0.270 e. The molecule has 3 rings (SSSR count). The third kappa shape index (κ3) is 2.91. The van der Waals surface area contributed by atoms with Crippen LogP contribution in [0.15, 0.2) is 65.7 Å². The molecule has 2 N–H and O–H groups in total. The first kappa shape index (κ1) is 14.1. The normalized spacial score (nSPS) is 12.0. The van der Waals surface area contributed by atoms with Gasteiger partial charge in [0.1, 0.15) is 17.6 Å². The van der Waals surface area contributed by atoms with E-state index in [1.54, 1.807) is 23.0 Å². The van der Waals surface area contributed by atoms with Crippen LogP contribution in [0.3, 0.4) is 0 Å². The van der Waals surface area contributed by atoms with Crippen molar-refractivity contribution in [2.45, 2.75) is 6.10 Å². The van der Waals surface area contributed by atoms with E-state index in [-0.39, 0.29) is 12.5 Å². The lowest BCUT2D eigenvalue weighted by molar-refractivity contribution is 0.0894. The second-order valence-electron chi connectivity index (χ2n) is 4.73. The monoisotopic (exact) mass is 297 g/mol. The number of nitrogens with one attached hydrogen (secondary N) is 1. The number of benzene rings is 1. The first-order valence-corrected chi connectivity index (χ1v) is 6.83. The highest BCUT2D eigenvalue weighted by Crippen LogP contribution is 2.13. The zero-order valence-corrected chi connectivity index (χ0v) is 11.7. The predicted octanol–water partition coefficient (Wildman–Crippen LogP) is 1.93. The largest absolute Gasteiger partial charge is 0.467 e. The molecule has 1 atom stereocenters. The standard InChI is InChI=1S/C16H15N3O3/c20-14(15-7-4-8-22-15)10-18-16(21)13-9-17-11-19(13)12-5-2-1-3-6-12/h1-9,11,14,20H,10H2,(H,18,21). The van der Waals surface area contributed by atoms with Crippen molar-refractivity contribution in [2.75, 3.05) is 6.54 Å². The van der Waals surface area contributed by atoms with Crippen LogP contribution in [0.1, 0.15) is 22.4 Å². The van der Waals surface area contributed by atoms with Gasteiger partial charge < -0.3 is 14.8 Å². The molecule has 3 aromatic rings. The van der Waals surface area contributed by atoms with Gasteiger partial charge in [0.15, 0.2) is 0 Å². The van der Waals surface area contributed by atoms with Crippen molar-refractivity contribution < 1.29 is 14.3 Å². The SMILES string of the molecule is O=C(NCC(O)c1ccco1)c1cncn1-c1ccccc1. The Morgan fingerprint density at radius 1 is 1.27 bits per heavy atom. The molecule has 6 nitrogen and oxygen atoms in total. The van der Waals surface area contributed by atoms with Crippen molar-refractivity contribution in [1.29, 1.82) is 0 Å². The smallest absolute Gasteiger partial charge is 0.270 e. The second kappa shape index (κ2) is 6.28. The summed E-state index contributed by atoms with van der Waals surface area (Å²) in [5.41, 5.74) is 1.24. The molecular formula is C16H15N3O3. The van der Waals surface area contributed by atoms with E-state index in [9.17, 15) is 9.90 Å². The van der Waals surface area contributed by atoms with Gasteiger partial charge in [-0.15, -0.1) is 0 Å². The number of nitrogens with zero attached hydrogens (tertiary/aromatic N) is 2. The van der Waals surface area contributed by atoms with Crippen LogP contribution < -0.4 is 5.32 Å². The minimum absolute atomic E-state index is 0.0618. The van der Waals surface area contributed by atoms with Crippen molar-refractivity contribution in [2.24, 2.45) is 0 Å². The van der Waals surface area contributed by atoms with Gasteiger partial charge in [0.25, 0.3) is 5.91 Å². The lowest BCUT2D eigenvalue weighted by Crippen LogP contribution is -2.29. The van der Waals surface area contributed by atoms with Gasteiger partial charge >= 0.3 is 0 Å². The fourth-order valence-electron chi connectivity index (χ4n) is 2.12. The van der Waals surface area contributed by atoms with Crippen LogP contribution >= 0.6 is 0 Å². The Morgan fingerprint density at radius 3 is 2.82 bits per heavy atom. The molecule has 0 aliphatic rings. The van der Waals surface area contributed by atoms with E-state index >= 15 is 0 Å². The van der Waals surface area contributed by atoms with E-state index in [4.69, 9.17) is 4.42 Å². The van der Waals surface area contributed by atoms with Gasteiger partial charge in [-0.25, -0.2) is 4.98 Å². The Balaban J connectivity index is 1.70. The van der Waals surface area contributed by atoms with Crippen molar-refractivity contribution in [1.82, 2.24) is 14.9 Å². The van der Waals surface area contributed by atoms with E-state index in [0.717, 1.165) is 5.69 Å². The molecule has 0 radical (unpaired) electrons. The average molecular weight is 297 g/mol. The Hall–Kier alpha value is -2.86. The molecule has 6 heteroatoms. The molecule has 112 valence electrons. The van der Waals surface area contributed by atoms with Crippen LogP contribution in [0.4, 0.5) is 0 Å². The predicted molar refractivity (Wildman–Crippen MR) is 79.6 cm³/mol. The zero-order valence-electron chi connectivity index (χ0n) is 11.7. The summed E-state index contributed by atoms with van der Waals surface area (Å²) < 4.78 is 6.78. The highest BCUT2D eigenvalue weighted by molar-refractivity contribution is 5.93. The van der Waals surface area contributed by atoms with Gasteiger partial charge in [-0.2, -0.15) is 0 Å². The number of hydrogen-bond donors (Lipinski definition) is 2. The minimum Gasteiger partial charge on any atom is -0.467 e. The first-order valence-electron chi connectivity index (χ1n) is 6.83. The van der Waals surface area contributed by atoms with E-state index in [0.29, 0.717) is 11.5 Å². The molecule has 2 heterocycles. The van der Waals surface area contributed by atoms with Crippen molar-refractivity contribution in [3.63, 3.8) is 0 Å². The first-order chi connectivity index (χ1) is 10.8.